The second kappa shape index (κ2) is 1.26. The topological polar surface area (TPSA) is 46.1 Å². The average Bonchev–Trinajstić information content (AvgIpc) is 0.811. The Balaban J connectivity index is 2.32. The molecule has 0 amide bonds. The van der Waals surface area contributed by atoms with Gasteiger partial charge in [-0.3, -0.25) is 0 Å². The predicted octanol–water partition coefficient (Wildman–Crippen LogP) is -1.95. The molecule has 2 nitrogen and oxygen atoms in total. The van der Waals surface area contributed by atoms with Crippen molar-refractivity contribution >= 4 is 0 Å². The van der Waals surface area contributed by atoms with E-state index in [0.717, 1.165) is 6.92 Å². The molecule has 0 radical (unpaired) electrons. The van der Waals surface area contributed by atoms with Gasteiger partial charge >= 0.3 is 0 Å². The highest BCUT2D eigenvalue weighted by Crippen LogP contribution is 1.38. The number of hydrogen-bond acceptors (Lipinski definition) is 2. The van der Waals surface area contributed by atoms with Crippen molar-refractivity contribution in [2.45, 2.75) is 13.2 Å². The molecule has 0 saturated carbocycles. The van der Waals surface area contributed by atoms with Crippen LogP contribution in [0.2, 0.25) is 0 Å². The Morgan fingerprint density at radius 2 is 1.50 bits per heavy atom. The maximum Gasteiger partial charge on any atom is -0.0937 e. The zero-order valence-corrected chi connectivity index (χ0v) is 2.39. The van der Waals surface area contributed by atoms with Crippen LogP contribution in [0.15, 0.2) is 0 Å². The van der Waals surface area contributed by atoms with Crippen molar-refractivity contribution in [1.82, 2.24) is 0 Å². The van der Waals surface area contributed by atoms with Crippen LogP contribution < -0.4 is 10.2 Å². The maximum atomic E-state index is 8.97. The second-order valence-electron chi connectivity index (χ2n) is 0.568. The highest BCUT2D eigenvalue weighted by atomic mass is 16.5. The molecule has 26 valence electrons. The van der Waals surface area contributed by atoms with E-state index in [4.69, 9.17) is 10.2 Å². The lowest BCUT2D eigenvalue weighted by atomic mass is 10.8. The Morgan fingerprint density at radius 1 is 1.50 bits per heavy atom. The van der Waals surface area contributed by atoms with Crippen molar-refractivity contribution in [1.29, 1.82) is 0 Å². The molecule has 0 fully saturated rings. The summed E-state index contributed by atoms with van der Waals surface area (Å²) in [5.74, 6) is 0. The molecule has 0 N–H and O–H groups in total. The van der Waals surface area contributed by atoms with E-state index in [0.29, 0.717) is 0 Å². The van der Waals surface area contributed by atoms with Gasteiger partial charge in [0.25, 0.3) is 0 Å². The molecule has 0 aromatic carbocycles. The lowest BCUT2D eigenvalue weighted by molar-refractivity contribution is -0.651. The summed E-state index contributed by atoms with van der Waals surface area (Å²) in [5, 5.41) is 17.9. The minimum atomic E-state index is -1.67. The van der Waals surface area contributed by atoms with E-state index in [-0.39, 0.29) is 0 Å². The number of rotatable bonds is 0. The van der Waals surface area contributed by atoms with Gasteiger partial charge in [-0.1, -0.05) is 6.92 Å². The van der Waals surface area contributed by atoms with Gasteiger partial charge in [0.05, 0.1) is 0 Å². The van der Waals surface area contributed by atoms with Gasteiger partial charge in [-0.15, -0.1) is 0 Å². The van der Waals surface area contributed by atoms with Crippen LogP contribution in [0, 0.1) is 0 Å². The van der Waals surface area contributed by atoms with Gasteiger partial charge in [0.1, 0.15) is 0 Å². The Hall–Kier alpha value is -0.0800. The van der Waals surface area contributed by atoms with Gasteiger partial charge < -0.3 is 10.2 Å². The molecule has 0 saturated heterocycles. The van der Waals surface area contributed by atoms with Crippen molar-refractivity contribution in [2.24, 2.45) is 0 Å². The van der Waals surface area contributed by atoms with Gasteiger partial charge in [-0.2, -0.15) is 0 Å². The molecule has 0 unspecified atom stereocenters. The highest BCUT2D eigenvalue weighted by Gasteiger charge is 1.36. The van der Waals surface area contributed by atoms with Crippen LogP contribution in [0.1, 0.15) is 6.92 Å². The van der Waals surface area contributed by atoms with Crippen LogP contribution in [0.25, 0.3) is 0 Å². The van der Waals surface area contributed by atoms with Crippen molar-refractivity contribution in [3.8, 4) is 0 Å². The molecule has 0 bridgehead atoms. The molecular weight excluding hydrogens is 56.0 g/mol. The predicted molar refractivity (Wildman–Crippen MR) is 9.46 cm³/mol. The lowest BCUT2D eigenvalue weighted by Crippen LogP contribution is -2.34. The first-order chi connectivity index (χ1) is 1.73. The van der Waals surface area contributed by atoms with Crippen molar-refractivity contribution in [3.63, 3.8) is 0 Å². The van der Waals surface area contributed by atoms with E-state index in [1.807, 2.05) is 0 Å². The Labute approximate surface area is 24.7 Å². The average molecular weight is 60.1 g/mol. The molecule has 0 rings (SSSR count). The van der Waals surface area contributed by atoms with E-state index in [9.17, 15) is 0 Å². The molecule has 0 heterocycles. The van der Waals surface area contributed by atoms with E-state index < -0.39 is 6.29 Å². The molecule has 4 heavy (non-hydrogen) atoms. The maximum absolute atomic E-state index is 8.97. The minimum Gasteiger partial charge on any atom is -0.866 e. The SMILES string of the molecule is CC([O-])[O-]. The molecule has 0 aliphatic carbocycles. The summed E-state index contributed by atoms with van der Waals surface area (Å²) < 4.78 is 0. The molecule has 0 atom stereocenters. The third kappa shape index (κ3) is 254. The summed E-state index contributed by atoms with van der Waals surface area (Å²) in [6, 6.07) is 0. The standard InChI is InChI=1S/C2H4O2/c1-2(3)4/h2H,1H3/q-2. The number of hydrogen-bond donors (Lipinski definition) is 0. The van der Waals surface area contributed by atoms with Crippen molar-refractivity contribution in [2.75, 3.05) is 0 Å². The van der Waals surface area contributed by atoms with E-state index in [1.54, 1.807) is 0 Å². The first-order valence-corrected chi connectivity index (χ1v) is 1.05. The van der Waals surface area contributed by atoms with Gasteiger partial charge in [-0.05, 0) is 0 Å². The Morgan fingerprint density at radius 3 is 1.50 bits per heavy atom. The summed E-state index contributed by atoms with van der Waals surface area (Å²) in [5.41, 5.74) is 0. The fourth-order valence-corrected chi connectivity index (χ4v) is 0. The van der Waals surface area contributed by atoms with Crippen molar-refractivity contribution in [3.05, 3.63) is 0 Å². The molecule has 0 aromatic heterocycles. The Kier molecular flexibility index (Phi) is 1.24. The van der Waals surface area contributed by atoms with Gasteiger partial charge in [0.2, 0.25) is 0 Å². The highest BCUT2D eigenvalue weighted by molar-refractivity contribution is 3.94. The quantitative estimate of drug-likeness (QED) is 0.305. The first-order valence-electron chi connectivity index (χ1n) is 1.05. The van der Waals surface area contributed by atoms with Gasteiger partial charge in [0, 0.05) is 0 Å². The van der Waals surface area contributed by atoms with Crippen LogP contribution in [0.4, 0.5) is 0 Å². The Bertz CT molecular complexity index is 8.75. The molecule has 2 heteroatoms. The molecule has 0 aliphatic rings. The van der Waals surface area contributed by atoms with E-state index in [2.05, 4.69) is 0 Å². The summed E-state index contributed by atoms with van der Waals surface area (Å²) >= 11 is 0. The zero-order valence-electron chi connectivity index (χ0n) is 2.39. The third-order valence-electron chi connectivity index (χ3n) is 0. The third-order valence-corrected chi connectivity index (χ3v) is 0. The van der Waals surface area contributed by atoms with E-state index in [1.165, 1.54) is 0 Å². The van der Waals surface area contributed by atoms with Crippen molar-refractivity contribution < 1.29 is 10.2 Å². The van der Waals surface area contributed by atoms with Gasteiger partial charge in [-0.25, -0.2) is 6.29 Å². The van der Waals surface area contributed by atoms with Crippen LogP contribution in [0.3, 0.4) is 0 Å². The van der Waals surface area contributed by atoms with E-state index >= 15 is 0 Å². The monoisotopic (exact) mass is 60.0 g/mol. The van der Waals surface area contributed by atoms with Crippen LogP contribution in [-0.2, 0) is 0 Å². The minimum absolute atomic E-state index is 1.06. The zero-order chi connectivity index (χ0) is 3.58. The summed E-state index contributed by atoms with van der Waals surface area (Å²) in [4.78, 5) is 0. The molecule has 0 spiro atoms. The normalized spacial score (nSPS) is 9.00. The summed E-state index contributed by atoms with van der Waals surface area (Å²) in [6.07, 6.45) is -1.67. The molecular formula is C2H4O2-2. The smallest absolute Gasteiger partial charge is 0.0937 e. The van der Waals surface area contributed by atoms with Crippen LogP contribution >= 0.6 is 0 Å². The second-order valence-corrected chi connectivity index (χ2v) is 0.568. The fourth-order valence-electron chi connectivity index (χ4n) is 0. The van der Waals surface area contributed by atoms with Crippen LogP contribution in [-0.4, -0.2) is 6.29 Å². The summed E-state index contributed by atoms with van der Waals surface area (Å²) in [6.45, 7) is 1.06. The first kappa shape index (κ1) is 3.92. The molecule has 0 aliphatic heterocycles. The lowest BCUT2D eigenvalue weighted by Gasteiger charge is -2.20. The van der Waals surface area contributed by atoms with Gasteiger partial charge in [0.15, 0.2) is 0 Å². The fraction of sp³-hybridized carbons (Fsp3) is 1.00. The van der Waals surface area contributed by atoms with Crippen LogP contribution in [0.5, 0.6) is 0 Å². The largest absolute Gasteiger partial charge is 0.866 e. The molecule has 0 aromatic rings. The summed E-state index contributed by atoms with van der Waals surface area (Å²) in [7, 11) is 0.